The third kappa shape index (κ3) is 4.74. The topological polar surface area (TPSA) is 119 Å². The molecule has 2 aromatic rings. The average molecular weight is 483 g/mol. The number of anilines is 1. The van der Waals surface area contributed by atoms with Crippen molar-refractivity contribution in [2.75, 3.05) is 30.8 Å². The first-order valence-electron chi connectivity index (χ1n) is 9.79. The van der Waals surface area contributed by atoms with Crippen molar-refractivity contribution < 1.29 is 31.1 Å². The molecule has 0 spiro atoms. The Labute approximate surface area is 188 Å². The fourth-order valence-corrected chi connectivity index (χ4v) is 6.61. The number of nitrogens with one attached hydrogen (secondary N) is 1. The molecule has 1 fully saturated rings. The van der Waals surface area contributed by atoms with Gasteiger partial charge in [-0.2, -0.15) is 0 Å². The lowest BCUT2D eigenvalue weighted by Gasteiger charge is -2.17. The van der Waals surface area contributed by atoms with Crippen LogP contribution in [0.5, 0.6) is 11.5 Å². The van der Waals surface area contributed by atoms with Gasteiger partial charge in [0.1, 0.15) is 0 Å². The van der Waals surface area contributed by atoms with Crippen LogP contribution < -0.4 is 18.5 Å². The maximum Gasteiger partial charge on any atom is 0.247 e. The van der Waals surface area contributed by atoms with Gasteiger partial charge in [-0.15, -0.1) is 0 Å². The van der Waals surface area contributed by atoms with Gasteiger partial charge in [0.25, 0.3) is 0 Å². The molecular formula is C21H26N2O7S2. The first-order valence-corrected chi connectivity index (χ1v) is 12.9. The van der Waals surface area contributed by atoms with Crippen LogP contribution in [0.3, 0.4) is 0 Å². The number of benzene rings is 2. The number of hydrogen-bond donors (Lipinski definition) is 1. The van der Waals surface area contributed by atoms with Gasteiger partial charge in [-0.1, -0.05) is 6.07 Å². The van der Waals surface area contributed by atoms with Crippen molar-refractivity contribution in [2.45, 2.75) is 25.2 Å². The molecular weight excluding hydrogens is 456 g/mol. The molecule has 32 heavy (non-hydrogen) atoms. The Morgan fingerprint density at radius 3 is 2.19 bits per heavy atom. The van der Waals surface area contributed by atoms with Crippen LogP contribution in [0.1, 0.15) is 19.4 Å². The van der Waals surface area contributed by atoms with Crippen LogP contribution in [0, 0.1) is 5.41 Å². The second kappa shape index (κ2) is 8.72. The van der Waals surface area contributed by atoms with E-state index in [2.05, 4.69) is 4.72 Å². The highest BCUT2D eigenvalue weighted by molar-refractivity contribution is 7.94. The summed E-state index contributed by atoms with van der Waals surface area (Å²) in [7, 11) is -4.57. The summed E-state index contributed by atoms with van der Waals surface area (Å²) in [5, 5.41) is 0. The van der Waals surface area contributed by atoms with E-state index in [1.54, 1.807) is 26.0 Å². The van der Waals surface area contributed by atoms with Crippen molar-refractivity contribution in [3.8, 4) is 11.5 Å². The predicted molar refractivity (Wildman–Crippen MR) is 120 cm³/mol. The Morgan fingerprint density at radius 1 is 1.03 bits per heavy atom. The molecule has 0 saturated carbocycles. The Kier molecular flexibility index (Phi) is 6.55. The van der Waals surface area contributed by atoms with E-state index in [0.29, 0.717) is 17.9 Å². The lowest BCUT2D eigenvalue weighted by atomic mass is 9.95. The van der Waals surface area contributed by atoms with Crippen molar-refractivity contribution in [3.63, 3.8) is 0 Å². The minimum atomic E-state index is -3.82. The van der Waals surface area contributed by atoms with Gasteiger partial charge in [-0.05, 0) is 62.2 Å². The molecule has 0 aromatic heterocycles. The Balaban J connectivity index is 1.70. The van der Waals surface area contributed by atoms with E-state index in [0.717, 1.165) is 9.87 Å². The van der Waals surface area contributed by atoms with Gasteiger partial charge in [-0.3, -0.25) is 4.79 Å². The summed E-state index contributed by atoms with van der Waals surface area (Å²) in [6.07, 6.45) is 0.424. The van der Waals surface area contributed by atoms with Crippen LogP contribution in [0.15, 0.2) is 47.4 Å². The molecule has 0 bridgehead atoms. The molecule has 1 aliphatic heterocycles. The lowest BCUT2D eigenvalue weighted by Crippen LogP contribution is -2.33. The van der Waals surface area contributed by atoms with E-state index in [1.165, 1.54) is 38.5 Å². The smallest absolute Gasteiger partial charge is 0.247 e. The summed E-state index contributed by atoms with van der Waals surface area (Å²) in [5.41, 5.74) is -0.0548. The first kappa shape index (κ1) is 24.0. The summed E-state index contributed by atoms with van der Waals surface area (Å²) in [4.78, 5) is 12.5. The number of carbonyl (C=O) groups excluding carboxylic acids is 1. The van der Waals surface area contributed by atoms with Crippen LogP contribution in [0.4, 0.5) is 5.69 Å². The van der Waals surface area contributed by atoms with Crippen LogP contribution in [-0.4, -0.2) is 49.3 Å². The van der Waals surface area contributed by atoms with Crippen LogP contribution >= 0.6 is 0 Å². The number of methoxy groups -OCH3 is 2. The minimum absolute atomic E-state index is 0.0307. The molecule has 1 aliphatic rings. The number of rotatable bonds is 8. The number of amides is 1. The molecule has 174 valence electrons. The second-order valence-corrected chi connectivity index (χ2v) is 11.6. The van der Waals surface area contributed by atoms with E-state index in [-0.39, 0.29) is 22.9 Å². The van der Waals surface area contributed by atoms with E-state index < -0.39 is 31.4 Å². The third-order valence-corrected chi connectivity index (χ3v) is 8.62. The summed E-state index contributed by atoms with van der Waals surface area (Å²) < 4.78 is 63.7. The molecule has 11 heteroatoms. The van der Waals surface area contributed by atoms with E-state index in [1.807, 2.05) is 6.07 Å². The molecule has 2 aromatic carbocycles. The molecule has 0 atom stereocenters. The van der Waals surface area contributed by atoms with Crippen LogP contribution in [0.2, 0.25) is 0 Å². The van der Waals surface area contributed by atoms with E-state index in [9.17, 15) is 21.6 Å². The minimum Gasteiger partial charge on any atom is -0.493 e. The fraction of sp³-hybridized carbons (Fsp3) is 0.381. The number of hydrogen-bond acceptors (Lipinski definition) is 7. The molecule has 3 rings (SSSR count). The van der Waals surface area contributed by atoms with Crippen molar-refractivity contribution in [2.24, 2.45) is 5.41 Å². The summed E-state index contributed by atoms with van der Waals surface area (Å²) in [5.74, 6) is 0.300. The van der Waals surface area contributed by atoms with Crippen molar-refractivity contribution >= 4 is 31.6 Å². The molecule has 1 amide bonds. The highest BCUT2D eigenvalue weighted by atomic mass is 32.2. The van der Waals surface area contributed by atoms with Crippen molar-refractivity contribution in [3.05, 3.63) is 48.0 Å². The van der Waals surface area contributed by atoms with Gasteiger partial charge in [0, 0.05) is 6.54 Å². The van der Waals surface area contributed by atoms with Gasteiger partial charge in [0.15, 0.2) is 11.5 Å². The third-order valence-electron chi connectivity index (χ3n) is 5.12. The quantitative estimate of drug-likeness (QED) is 0.611. The Bertz CT molecular complexity index is 1220. The van der Waals surface area contributed by atoms with Gasteiger partial charge < -0.3 is 9.47 Å². The highest BCUT2D eigenvalue weighted by Crippen LogP contribution is 2.36. The molecule has 1 saturated heterocycles. The molecule has 0 radical (unpaired) electrons. The molecule has 1 heterocycles. The first-order chi connectivity index (χ1) is 14.9. The van der Waals surface area contributed by atoms with Crippen LogP contribution in [0.25, 0.3) is 0 Å². The Hall–Kier alpha value is -2.63. The molecule has 0 aliphatic carbocycles. The molecule has 0 unspecified atom stereocenters. The summed E-state index contributed by atoms with van der Waals surface area (Å²) in [6, 6.07) is 10.5. The van der Waals surface area contributed by atoms with Gasteiger partial charge in [0.2, 0.25) is 26.0 Å². The second-order valence-electron chi connectivity index (χ2n) is 8.04. The number of nitrogens with zero attached hydrogens (tertiary/aromatic N) is 1. The molecule has 1 N–H and O–H groups in total. The van der Waals surface area contributed by atoms with Crippen LogP contribution in [-0.2, 0) is 31.3 Å². The zero-order valence-electron chi connectivity index (χ0n) is 18.3. The monoisotopic (exact) mass is 482 g/mol. The number of sulfonamides is 2. The zero-order chi connectivity index (χ0) is 23.7. The van der Waals surface area contributed by atoms with Gasteiger partial charge in [0.05, 0.1) is 36.0 Å². The summed E-state index contributed by atoms with van der Waals surface area (Å²) >= 11 is 0. The van der Waals surface area contributed by atoms with Crippen molar-refractivity contribution in [1.29, 1.82) is 0 Å². The lowest BCUT2D eigenvalue weighted by molar-refractivity contribution is -0.123. The number of ether oxygens (including phenoxy) is 2. The SMILES string of the molecule is COc1ccc(CCNS(=O)(=O)c2ccc(N3C(=O)C(C)(C)CS3(=O)=O)cc2)cc1OC. The zero-order valence-corrected chi connectivity index (χ0v) is 19.9. The maximum atomic E-state index is 12.6. The van der Waals surface area contributed by atoms with Gasteiger partial charge >= 0.3 is 0 Å². The fourth-order valence-electron chi connectivity index (χ4n) is 3.47. The highest BCUT2D eigenvalue weighted by Gasteiger charge is 2.49. The summed E-state index contributed by atoms with van der Waals surface area (Å²) in [6.45, 7) is 3.27. The largest absolute Gasteiger partial charge is 0.493 e. The van der Waals surface area contributed by atoms with E-state index in [4.69, 9.17) is 9.47 Å². The standard InChI is InChI=1S/C21H26N2O7S2/c1-21(2)14-31(25,26)23(20(21)24)16-6-8-17(9-7-16)32(27,28)22-12-11-15-5-10-18(29-3)19(13-15)30-4/h5-10,13,22H,11-12,14H2,1-4H3. The van der Waals surface area contributed by atoms with E-state index >= 15 is 0 Å². The number of carbonyl (C=O) groups is 1. The normalized spacial score (nSPS) is 17.4. The predicted octanol–water partition coefficient (Wildman–Crippen LogP) is 1.93. The average Bonchev–Trinajstić information content (AvgIpc) is 2.89. The maximum absolute atomic E-state index is 12.6. The Morgan fingerprint density at radius 2 is 1.66 bits per heavy atom. The molecule has 9 nitrogen and oxygen atoms in total. The van der Waals surface area contributed by atoms with Crippen molar-refractivity contribution in [1.82, 2.24) is 4.72 Å². The van der Waals surface area contributed by atoms with Gasteiger partial charge in [-0.25, -0.2) is 25.9 Å².